The van der Waals surface area contributed by atoms with Gasteiger partial charge in [-0.3, -0.25) is 0 Å². The molecule has 94 valence electrons. The van der Waals surface area contributed by atoms with E-state index in [1.807, 2.05) is 29.6 Å². The smallest absolute Gasteiger partial charge is 0.130 e. The van der Waals surface area contributed by atoms with Gasteiger partial charge in [-0.1, -0.05) is 12.1 Å². The number of aromatic nitrogens is 1. The molecule has 4 heteroatoms. The van der Waals surface area contributed by atoms with Crippen molar-refractivity contribution in [3.8, 4) is 17.0 Å². The number of ketones is 1. The highest BCUT2D eigenvalue weighted by Gasteiger charge is 2.06. The van der Waals surface area contributed by atoms with Gasteiger partial charge in [-0.05, 0) is 19.1 Å². The molecule has 0 saturated heterocycles. The molecule has 0 aliphatic heterocycles. The summed E-state index contributed by atoms with van der Waals surface area (Å²) in [5, 5.41) is 3.02. The molecule has 0 unspecified atom stereocenters. The van der Waals surface area contributed by atoms with Gasteiger partial charge in [0, 0.05) is 23.8 Å². The van der Waals surface area contributed by atoms with Gasteiger partial charge in [0.05, 0.1) is 17.8 Å². The van der Waals surface area contributed by atoms with E-state index in [0.717, 1.165) is 28.4 Å². The Kier molecular flexibility index (Phi) is 4.10. The lowest BCUT2D eigenvalue weighted by molar-refractivity contribution is -0.116. The van der Waals surface area contributed by atoms with Gasteiger partial charge in [-0.25, -0.2) is 4.98 Å². The van der Waals surface area contributed by atoms with E-state index in [1.165, 1.54) is 0 Å². The number of carbonyl (C=O) groups is 1. The fourth-order valence-corrected chi connectivity index (χ4v) is 2.43. The van der Waals surface area contributed by atoms with Crippen LogP contribution >= 0.6 is 11.3 Å². The SMILES string of the molecule is COc1cccc(-c2csc(CCC(C)=O)n2)c1. The average molecular weight is 261 g/mol. The van der Waals surface area contributed by atoms with Gasteiger partial charge in [0.2, 0.25) is 0 Å². The molecule has 0 N–H and O–H groups in total. The predicted molar refractivity (Wildman–Crippen MR) is 73.1 cm³/mol. The van der Waals surface area contributed by atoms with Crippen LogP contribution in [0.2, 0.25) is 0 Å². The summed E-state index contributed by atoms with van der Waals surface area (Å²) >= 11 is 1.60. The quantitative estimate of drug-likeness (QED) is 0.828. The van der Waals surface area contributed by atoms with E-state index in [9.17, 15) is 4.79 Å². The molecular formula is C14H15NO2S. The highest BCUT2D eigenvalue weighted by molar-refractivity contribution is 7.09. The molecule has 0 atom stereocenters. The number of benzene rings is 1. The molecule has 0 aliphatic rings. The van der Waals surface area contributed by atoms with E-state index < -0.39 is 0 Å². The summed E-state index contributed by atoms with van der Waals surface area (Å²) in [7, 11) is 1.65. The number of ether oxygens (including phenoxy) is 1. The molecule has 0 amide bonds. The van der Waals surface area contributed by atoms with Crippen molar-refractivity contribution >= 4 is 17.1 Å². The van der Waals surface area contributed by atoms with E-state index >= 15 is 0 Å². The Bertz CT molecular complexity index is 548. The highest BCUT2D eigenvalue weighted by atomic mass is 32.1. The molecule has 0 fully saturated rings. The first-order valence-electron chi connectivity index (χ1n) is 5.77. The molecule has 0 radical (unpaired) electrons. The topological polar surface area (TPSA) is 39.2 Å². The van der Waals surface area contributed by atoms with Crippen LogP contribution in [-0.4, -0.2) is 17.9 Å². The maximum absolute atomic E-state index is 10.9. The van der Waals surface area contributed by atoms with Crippen LogP contribution in [0.15, 0.2) is 29.6 Å². The summed E-state index contributed by atoms with van der Waals surface area (Å²) in [5.74, 6) is 1.03. The number of Topliss-reactive ketones (excluding diaryl/α,β-unsaturated/α-hetero) is 1. The van der Waals surface area contributed by atoms with Crippen molar-refractivity contribution in [1.82, 2.24) is 4.98 Å². The number of carbonyl (C=O) groups excluding carboxylic acids is 1. The number of nitrogens with zero attached hydrogens (tertiary/aromatic N) is 1. The summed E-state index contributed by atoms with van der Waals surface area (Å²) in [5.41, 5.74) is 1.98. The van der Waals surface area contributed by atoms with E-state index in [4.69, 9.17) is 4.74 Å². The first-order valence-corrected chi connectivity index (χ1v) is 6.65. The highest BCUT2D eigenvalue weighted by Crippen LogP contribution is 2.25. The lowest BCUT2D eigenvalue weighted by atomic mass is 10.1. The van der Waals surface area contributed by atoms with Crippen molar-refractivity contribution < 1.29 is 9.53 Å². The Morgan fingerprint density at radius 2 is 2.28 bits per heavy atom. The van der Waals surface area contributed by atoms with E-state index in [2.05, 4.69) is 4.98 Å². The monoisotopic (exact) mass is 261 g/mol. The first-order chi connectivity index (χ1) is 8.69. The van der Waals surface area contributed by atoms with E-state index in [1.54, 1.807) is 25.4 Å². The molecule has 0 saturated carbocycles. The van der Waals surface area contributed by atoms with Gasteiger partial charge in [0.15, 0.2) is 0 Å². The summed E-state index contributed by atoms with van der Waals surface area (Å²) < 4.78 is 5.19. The summed E-state index contributed by atoms with van der Waals surface area (Å²) in [6, 6.07) is 7.82. The second kappa shape index (κ2) is 5.78. The van der Waals surface area contributed by atoms with Crippen molar-refractivity contribution in [2.24, 2.45) is 0 Å². The minimum absolute atomic E-state index is 0.202. The number of hydrogen-bond donors (Lipinski definition) is 0. The molecule has 2 aromatic rings. The molecule has 1 aromatic heterocycles. The van der Waals surface area contributed by atoms with E-state index in [0.29, 0.717) is 6.42 Å². The third-order valence-corrected chi connectivity index (χ3v) is 3.52. The van der Waals surface area contributed by atoms with Crippen molar-refractivity contribution in [2.45, 2.75) is 19.8 Å². The fourth-order valence-electron chi connectivity index (χ4n) is 1.62. The van der Waals surface area contributed by atoms with Crippen LogP contribution in [0.1, 0.15) is 18.4 Å². The van der Waals surface area contributed by atoms with Crippen LogP contribution in [0.4, 0.5) is 0 Å². The zero-order valence-corrected chi connectivity index (χ0v) is 11.3. The zero-order chi connectivity index (χ0) is 13.0. The van der Waals surface area contributed by atoms with Crippen molar-refractivity contribution in [3.63, 3.8) is 0 Å². The molecule has 3 nitrogen and oxygen atoms in total. The molecule has 1 heterocycles. The van der Waals surface area contributed by atoms with Crippen LogP contribution < -0.4 is 4.74 Å². The van der Waals surface area contributed by atoms with Gasteiger partial charge in [-0.2, -0.15) is 0 Å². The number of thiazole rings is 1. The third-order valence-electron chi connectivity index (χ3n) is 2.61. The number of aryl methyl sites for hydroxylation is 1. The molecule has 0 spiro atoms. The maximum atomic E-state index is 10.9. The van der Waals surface area contributed by atoms with Crippen LogP contribution in [-0.2, 0) is 11.2 Å². The van der Waals surface area contributed by atoms with Gasteiger partial charge in [-0.15, -0.1) is 11.3 Å². The summed E-state index contributed by atoms with van der Waals surface area (Å²) in [6.45, 7) is 1.61. The first kappa shape index (κ1) is 12.8. The van der Waals surface area contributed by atoms with Crippen LogP contribution in [0.3, 0.4) is 0 Å². The van der Waals surface area contributed by atoms with Crippen molar-refractivity contribution in [3.05, 3.63) is 34.7 Å². The lowest BCUT2D eigenvalue weighted by Crippen LogP contribution is -1.93. The molecule has 1 aromatic carbocycles. The predicted octanol–water partition coefficient (Wildman–Crippen LogP) is 3.34. The molecule has 2 rings (SSSR count). The summed E-state index contributed by atoms with van der Waals surface area (Å²) in [4.78, 5) is 15.5. The Balaban J connectivity index is 2.15. The molecule has 0 bridgehead atoms. The average Bonchev–Trinajstić information content (AvgIpc) is 2.85. The van der Waals surface area contributed by atoms with Crippen molar-refractivity contribution in [1.29, 1.82) is 0 Å². The Morgan fingerprint density at radius 1 is 1.44 bits per heavy atom. The minimum Gasteiger partial charge on any atom is -0.497 e. The minimum atomic E-state index is 0.202. The maximum Gasteiger partial charge on any atom is 0.130 e. The van der Waals surface area contributed by atoms with Crippen LogP contribution in [0.5, 0.6) is 5.75 Å². The van der Waals surface area contributed by atoms with Gasteiger partial charge in [0.25, 0.3) is 0 Å². The van der Waals surface area contributed by atoms with Crippen molar-refractivity contribution in [2.75, 3.05) is 7.11 Å². The molecule has 0 aliphatic carbocycles. The zero-order valence-electron chi connectivity index (χ0n) is 10.5. The molecular weight excluding hydrogens is 246 g/mol. The second-order valence-corrected chi connectivity index (χ2v) is 5.00. The standard InChI is InChI=1S/C14H15NO2S/c1-10(16)6-7-14-15-13(9-18-14)11-4-3-5-12(8-11)17-2/h3-5,8-9H,6-7H2,1-2H3. The lowest BCUT2D eigenvalue weighted by Gasteiger charge is -2.01. The van der Waals surface area contributed by atoms with E-state index in [-0.39, 0.29) is 5.78 Å². The summed E-state index contributed by atoms with van der Waals surface area (Å²) in [6.07, 6.45) is 1.29. The van der Waals surface area contributed by atoms with Gasteiger partial charge >= 0.3 is 0 Å². The normalized spacial score (nSPS) is 10.3. The van der Waals surface area contributed by atoms with Gasteiger partial charge < -0.3 is 9.53 Å². The van der Waals surface area contributed by atoms with Gasteiger partial charge in [0.1, 0.15) is 11.5 Å². The Morgan fingerprint density at radius 3 is 3.00 bits per heavy atom. The fraction of sp³-hybridized carbons (Fsp3) is 0.286. The Hall–Kier alpha value is -1.68. The van der Waals surface area contributed by atoms with Crippen LogP contribution in [0, 0.1) is 0 Å². The second-order valence-electron chi connectivity index (χ2n) is 4.06. The number of methoxy groups -OCH3 is 1. The third kappa shape index (κ3) is 3.17. The number of rotatable bonds is 5. The Labute approximate surface area is 110 Å². The largest absolute Gasteiger partial charge is 0.497 e. The van der Waals surface area contributed by atoms with Crippen LogP contribution in [0.25, 0.3) is 11.3 Å². The number of hydrogen-bond acceptors (Lipinski definition) is 4. The molecule has 18 heavy (non-hydrogen) atoms.